The molecule has 0 aromatic carbocycles. The van der Waals surface area contributed by atoms with E-state index in [2.05, 4.69) is 4.98 Å². The average molecular weight is 198 g/mol. The summed E-state index contributed by atoms with van der Waals surface area (Å²) in [6, 6.07) is 2.36. The Morgan fingerprint density at radius 1 is 1.57 bits per heavy atom. The second-order valence-electron chi connectivity index (χ2n) is 2.88. The maximum absolute atomic E-state index is 10.4. The molecule has 0 spiro atoms. The van der Waals surface area contributed by atoms with Crippen molar-refractivity contribution in [1.29, 1.82) is 0 Å². The van der Waals surface area contributed by atoms with Gasteiger partial charge < -0.3 is 10.2 Å². The van der Waals surface area contributed by atoms with Crippen LogP contribution in [0.5, 0.6) is 0 Å². The van der Waals surface area contributed by atoms with Gasteiger partial charge in [-0.1, -0.05) is 0 Å². The number of nitrogens with zero attached hydrogens (tertiary/aromatic N) is 2. The van der Waals surface area contributed by atoms with Gasteiger partial charge in [-0.25, -0.2) is 0 Å². The van der Waals surface area contributed by atoms with E-state index in [0.29, 0.717) is 0 Å². The Hall–Kier alpha value is -1.53. The zero-order valence-corrected chi connectivity index (χ0v) is 7.49. The number of aliphatic hydroxyl groups is 2. The monoisotopic (exact) mass is 198 g/mol. The van der Waals surface area contributed by atoms with Crippen LogP contribution in [-0.4, -0.2) is 26.2 Å². The predicted octanol–water partition coefficient (Wildman–Crippen LogP) is 0.404. The van der Waals surface area contributed by atoms with Crippen molar-refractivity contribution < 1.29 is 15.1 Å². The molecule has 1 aromatic rings. The number of hydrogen-bond donors (Lipinski definition) is 2. The van der Waals surface area contributed by atoms with Gasteiger partial charge in [0.15, 0.2) is 0 Å². The van der Waals surface area contributed by atoms with Crippen LogP contribution in [0, 0.1) is 10.1 Å². The molecule has 0 saturated carbocycles. The predicted molar refractivity (Wildman–Crippen MR) is 47.5 cm³/mol. The third-order valence-electron chi connectivity index (χ3n) is 1.74. The summed E-state index contributed by atoms with van der Waals surface area (Å²) in [4.78, 5) is 13.5. The van der Waals surface area contributed by atoms with E-state index in [0.717, 1.165) is 6.07 Å². The Morgan fingerprint density at radius 3 is 2.71 bits per heavy atom. The largest absolute Gasteiger partial charge is 0.390 e. The highest BCUT2D eigenvalue weighted by molar-refractivity contribution is 5.30. The molecule has 0 bridgehead atoms. The number of aliphatic hydroxyl groups excluding tert-OH is 2. The van der Waals surface area contributed by atoms with E-state index in [1.165, 1.54) is 19.2 Å². The highest BCUT2D eigenvalue weighted by Crippen LogP contribution is 2.18. The van der Waals surface area contributed by atoms with E-state index in [4.69, 9.17) is 5.11 Å². The smallest absolute Gasteiger partial charge is 0.272 e. The molecule has 0 aliphatic rings. The van der Waals surface area contributed by atoms with Crippen molar-refractivity contribution in [2.45, 2.75) is 19.1 Å². The molecule has 0 saturated heterocycles. The highest BCUT2D eigenvalue weighted by atomic mass is 16.6. The average Bonchev–Trinajstić information content (AvgIpc) is 2.16. The van der Waals surface area contributed by atoms with Gasteiger partial charge in [0.05, 0.1) is 16.7 Å². The Balaban J connectivity index is 2.99. The highest BCUT2D eigenvalue weighted by Gasteiger charge is 2.17. The van der Waals surface area contributed by atoms with Crippen LogP contribution < -0.4 is 0 Å². The third kappa shape index (κ3) is 2.24. The normalized spacial score (nSPS) is 14.8. The molecule has 1 aromatic heterocycles. The molecule has 0 amide bonds. The molecule has 0 fully saturated rings. The zero-order chi connectivity index (χ0) is 10.7. The lowest BCUT2D eigenvalue weighted by molar-refractivity contribution is -0.385. The Morgan fingerprint density at radius 2 is 2.21 bits per heavy atom. The van der Waals surface area contributed by atoms with Crippen molar-refractivity contribution in [2.24, 2.45) is 0 Å². The minimum Gasteiger partial charge on any atom is -0.390 e. The van der Waals surface area contributed by atoms with Crippen LogP contribution in [-0.2, 0) is 0 Å². The van der Waals surface area contributed by atoms with Gasteiger partial charge >= 0.3 is 0 Å². The van der Waals surface area contributed by atoms with Gasteiger partial charge in [-0.3, -0.25) is 15.1 Å². The summed E-state index contributed by atoms with van der Waals surface area (Å²) in [6.07, 6.45) is -0.988. The zero-order valence-electron chi connectivity index (χ0n) is 7.49. The molecule has 6 heteroatoms. The van der Waals surface area contributed by atoms with Crippen molar-refractivity contribution >= 4 is 5.69 Å². The van der Waals surface area contributed by atoms with Gasteiger partial charge in [0.25, 0.3) is 5.69 Å². The molecular formula is C8H10N2O4. The van der Waals surface area contributed by atoms with Crippen molar-refractivity contribution in [2.75, 3.05) is 0 Å². The lowest BCUT2D eigenvalue weighted by Crippen LogP contribution is -2.15. The minimum absolute atomic E-state index is 0.0919. The molecule has 0 radical (unpaired) electrons. The summed E-state index contributed by atoms with van der Waals surface area (Å²) in [7, 11) is 0. The minimum atomic E-state index is -1.20. The van der Waals surface area contributed by atoms with E-state index in [1.54, 1.807) is 0 Å². The van der Waals surface area contributed by atoms with Gasteiger partial charge in [0.2, 0.25) is 0 Å². The molecule has 1 rings (SSSR count). The second-order valence-corrected chi connectivity index (χ2v) is 2.88. The van der Waals surface area contributed by atoms with Gasteiger partial charge in [-0.15, -0.1) is 0 Å². The molecule has 14 heavy (non-hydrogen) atoms. The standard InChI is InChI=1S/C8H10N2O4/c1-5(11)8(12)7-4-6(10(13)14)2-3-9-7/h2-5,8,11-12H,1H3/t5-,8+/m0/s1. The van der Waals surface area contributed by atoms with Crippen LogP contribution >= 0.6 is 0 Å². The van der Waals surface area contributed by atoms with E-state index in [9.17, 15) is 15.2 Å². The molecule has 76 valence electrons. The third-order valence-corrected chi connectivity index (χ3v) is 1.74. The molecule has 1 heterocycles. The maximum Gasteiger partial charge on any atom is 0.272 e. The summed E-state index contributed by atoms with van der Waals surface area (Å²) in [6.45, 7) is 1.38. The molecular weight excluding hydrogens is 188 g/mol. The van der Waals surface area contributed by atoms with Gasteiger partial charge in [-0.05, 0) is 6.92 Å². The quantitative estimate of drug-likeness (QED) is 0.541. The summed E-state index contributed by atoms with van der Waals surface area (Å²) in [5.41, 5.74) is -0.0658. The summed E-state index contributed by atoms with van der Waals surface area (Å²) >= 11 is 0. The van der Waals surface area contributed by atoms with Crippen molar-refractivity contribution in [3.63, 3.8) is 0 Å². The lowest BCUT2D eigenvalue weighted by atomic mass is 10.1. The Bertz CT molecular complexity index is 340. The van der Waals surface area contributed by atoms with Gasteiger partial charge in [-0.2, -0.15) is 0 Å². The molecule has 2 N–H and O–H groups in total. The van der Waals surface area contributed by atoms with Crippen LogP contribution in [0.4, 0.5) is 5.69 Å². The summed E-state index contributed by atoms with van der Waals surface area (Å²) in [5, 5.41) is 28.8. The van der Waals surface area contributed by atoms with Crippen LogP contribution in [0.1, 0.15) is 18.7 Å². The first-order chi connectivity index (χ1) is 6.52. The van der Waals surface area contributed by atoms with Crippen molar-refractivity contribution in [1.82, 2.24) is 4.98 Å². The van der Waals surface area contributed by atoms with Crippen LogP contribution in [0.15, 0.2) is 18.3 Å². The van der Waals surface area contributed by atoms with Gasteiger partial charge in [0.1, 0.15) is 6.10 Å². The molecule has 0 aliphatic carbocycles. The fraction of sp³-hybridized carbons (Fsp3) is 0.375. The fourth-order valence-electron chi connectivity index (χ4n) is 0.959. The molecule has 0 unspecified atom stereocenters. The summed E-state index contributed by atoms with van der Waals surface area (Å²) < 4.78 is 0. The number of pyridine rings is 1. The molecule has 6 nitrogen and oxygen atoms in total. The SMILES string of the molecule is C[C@H](O)[C@@H](O)c1cc([N+](=O)[O-])ccn1. The maximum atomic E-state index is 10.4. The number of rotatable bonds is 3. The Labute approximate surface area is 80.0 Å². The Kier molecular flexibility index (Phi) is 3.10. The lowest BCUT2D eigenvalue weighted by Gasteiger charge is -2.11. The van der Waals surface area contributed by atoms with Crippen LogP contribution in [0.2, 0.25) is 0 Å². The first kappa shape index (κ1) is 10.6. The van der Waals surface area contributed by atoms with E-state index in [1.807, 2.05) is 0 Å². The van der Waals surface area contributed by atoms with Crippen LogP contribution in [0.25, 0.3) is 0 Å². The van der Waals surface area contributed by atoms with Crippen molar-refractivity contribution in [3.8, 4) is 0 Å². The van der Waals surface area contributed by atoms with E-state index < -0.39 is 17.1 Å². The van der Waals surface area contributed by atoms with E-state index in [-0.39, 0.29) is 11.4 Å². The van der Waals surface area contributed by atoms with Gasteiger partial charge in [0, 0.05) is 18.3 Å². The molecule has 2 atom stereocenters. The second kappa shape index (κ2) is 4.12. The first-order valence-electron chi connectivity index (χ1n) is 3.99. The van der Waals surface area contributed by atoms with E-state index >= 15 is 0 Å². The fourth-order valence-corrected chi connectivity index (χ4v) is 0.959. The topological polar surface area (TPSA) is 96.5 Å². The first-order valence-corrected chi connectivity index (χ1v) is 3.99. The molecule has 0 aliphatic heterocycles. The number of nitro groups is 1. The number of aromatic nitrogens is 1. The van der Waals surface area contributed by atoms with Crippen LogP contribution in [0.3, 0.4) is 0 Å². The number of hydrogen-bond acceptors (Lipinski definition) is 5. The van der Waals surface area contributed by atoms with Crippen molar-refractivity contribution in [3.05, 3.63) is 34.1 Å². The summed E-state index contributed by atoms with van der Waals surface area (Å²) in [5.74, 6) is 0.